The van der Waals surface area contributed by atoms with Crippen molar-refractivity contribution in [3.8, 4) is 0 Å². The fourth-order valence-electron chi connectivity index (χ4n) is 3.67. The zero-order valence-corrected chi connectivity index (χ0v) is 14.3. The van der Waals surface area contributed by atoms with Gasteiger partial charge < -0.3 is 5.32 Å². The molecular weight excluding hydrogens is 334 g/mol. The van der Waals surface area contributed by atoms with Crippen LogP contribution in [0.1, 0.15) is 12.8 Å². The topological polar surface area (TPSA) is 62.3 Å². The van der Waals surface area contributed by atoms with Gasteiger partial charge in [-0.1, -0.05) is 6.07 Å². The van der Waals surface area contributed by atoms with E-state index in [0.29, 0.717) is 35.3 Å². The first kappa shape index (κ1) is 16.6. The third-order valence-corrected chi connectivity index (χ3v) is 6.77. The molecule has 1 N–H and O–H groups in total. The number of benzene rings is 1. The summed E-state index contributed by atoms with van der Waals surface area (Å²) in [4.78, 5) is 4.64. The summed E-state index contributed by atoms with van der Waals surface area (Å²) in [5.41, 5.74) is 0.723. The number of nitrogens with one attached hydrogen (secondary N) is 1. The zero-order valence-electron chi connectivity index (χ0n) is 12.7. The fraction of sp³-hybridized carbons (Fsp3) is 0.438. The third-order valence-electron chi connectivity index (χ3n) is 4.84. The molecular formula is C16H20ClN3O2S. The first-order valence-corrected chi connectivity index (χ1v) is 9.17. The van der Waals surface area contributed by atoms with Crippen molar-refractivity contribution in [2.75, 3.05) is 19.6 Å². The zero-order chi connectivity index (χ0) is 15.2. The van der Waals surface area contributed by atoms with E-state index in [4.69, 9.17) is 0 Å². The third kappa shape index (κ3) is 2.85. The monoisotopic (exact) mass is 353 g/mol. The molecule has 124 valence electrons. The Bertz CT molecular complexity index is 807. The van der Waals surface area contributed by atoms with Crippen LogP contribution in [0, 0.1) is 5.92 Å². The highest BCUT2D eigenvalue weighted by molar-refractivity contribution is 7.89. The molecule has 2 aliphatic rings. The smallest absolute Gasteiger partial charge is 0.243 e. The van der Waals surface area contributed by atoms with E-state index in [1.165, 1.54) is 0 Å². The minimum atomic E-state index is -3.46. The maximum absolute atomic E-state index is 13.1. The summed E-state index contributed by atoms with van der Waals surface area (Å²) in [5.74, 6) is 0.441. The molecule has 1 aromatic heterocycles. The van der Waals surface area contributed by atoms with Gasteiger partial charge >= 0.3 is 0 Å². The minimum Gasteiger partial charge on any atom is -0.314 e. The van der Waals surface area contributed by atoms with E-state index in [0.717, 1.165) is 24.9 Å². The predicted octanol–water partition coefficient (Wildman–Crippen LogP) is 2.03. The highest BCUT2D eigenvalue weighted by Gasteiger charge is 2.38. The summed E-state index contributed by atoms with van der Waals surface area (Å²) >= 11 is 0. The molecule has 4 rings (SSSR count). The van der Waals surface area contributed by atoms with Gasteiger partial charge in [-0.25, -0.2) is 8.42 Å². The van der Waals surface area contributed by atoms with Gasteiger partial charge in [-0.05, 0) is 49.6 Å². The molecule has 7 heteroatoms. The van der Waals surface area contributed by atoms with Crippen LogP contribution in [0.25, 0.3) is 10.9 Å². The number of fused-ring (bicyclic) bond motifs is 2. The summed E-state index contributed by atoms with van der Waals surface area (Å²) in [5, 5.41) is 4.17. The van der Waals surface area contributed by atoms with Gasteiger partial charge in [0.05, 0.1) is 10.4 Å². The van der Waals surface area contributed by atoms with E-state index in [1.807, 2.05) is 12.1 Å². The normalized spacial score (nSPS) is 25.0. The summed E-state index contributed by atoms with van der Waals surface area (Å²) in [7, 11) is -3.46. The highest BCUT2D eigenvalue weighted by Crippen LogP contribution is 2.30. The van der Waals surface area contributed by atoms with Gasteiger partial charge in [-0.2, -0.15) is 4.31 Å². The van der Waals surface area contributed by atoms with Gasteiger partial charge in [0.25, 0.3) is 0 Å². The van der Waals surface area contributed by atoms with Crippen molar-refractivity contribution in [1.29, 1.82) is 0 Å². The second-order valence-corrected chi connectivity index (χ2v) is 7.99. The Morgan fingerprint density at radius 3 is 2.91 bits per heavy atom. The summed E-state index contributed by atoms with van der Waals surface area (Å²) in [6.07, 6.45) is 3.65. The second kappa shape index (κ2) is 6.36. The van der Waals surface area contributed by atoms with E-state index < -0.39 is 10.0 Å². The summed E-state index contributed by atoms with van der Waals surface area (Å²) in [6.45, 7) is 2.21. The average molecular weight is 354 g/mol. The van der Waals surface area contributed by atoms with Gasteiger partial charge in [-0.3, -0.25) is 4.98 Å². The largest absolute Gasteiger partial charge is 0.314 e. The summed E-state index contributed by atoms with van der Waals surface area (Å²) < 4.78 is 27.8. The molecule has 0 radical (unpaired) electrons. The van der Waals surface area contributed by atoms with Crippen molar-refractivity contribution in [3.63, 3.8) is 0 Å². The van der Waals surface area contributed by atoms with E-state index in [-0.39, 0.29) is 12.4 Å². The average Bonchev–Trinajstić information content (AvgIpc) is 3.02. The number of nitrogens with zero attached hydrogens (tertiary/aromatic N) is 2. The van der Waals surface area contributed by atoms with Crippen molar-refractivity contribution in [2.24, 2.45) is 5.92 Å². The Hall–Kier alpha value is -1.21. The van der Waals surface area contributed by atoms with E-state index in [2.05, 4.69) is 10.3 Å². The van der Waals surface area contributed by atoms with Gasteiger partial charge in [0.2, 0.25) is 10.0 Å². The molecule has 2 unspecified atom stereocenters. The molecule has 23 heavy (non-hydrogen) atoms. The minimum absolute atomic E-state index is 0. The number of aromatic nitrogens is 1. The van der Waals surface area contributed by atoms with Crippen LogP contribution in [-0.4, -0.2) is 43.4 Å². The Morgan fingerprint density at radius 2 is 2.04 bits per heavy atom. The number of hydrogen-bond acceptors (Lipinski definition) is 4. The molecule has 0 aliphatic carbocycles. The fourth-order valence-corrected chi connectivity index (χ4v) is 5.38. The number of piperidine rings is 1. The Kier molecular flexibility index (Phi) is 4.60. The van der Waals surface area contributed by atoms with Gasteiger partial charge in [-0.15, -0.1) is 12.4 Å². The van der Waals surface area contributed by atoms with Gasteiger partial charge in [0.1, 0.15) is 0 Å². The van der Waals surface area contributed by atoms with Crippen LogP contribution in [0.2, 0.25) is 0 Å². The molecule has 2 atom stereocenters. The summed E-state index contributed by atoms with van der Waals surface area (Å²) in [6, 6.07) is 9.42. The van der Waals surface area contributed by atoms with Crippen molar-refractivity contribution >= 4 is 33.3 Å². The quantitative estimate of drug-likeness (QED) is 0.897. The first-order valence-electron chi connectivity index (χ1n) is 7.73. The lowest BCUT2D eigenvalue weighted by Gasteiger charge is -2.34. The number of sulfonamides is 1. The predicted molar refractivity (Wildman–Crippen MR) is 92.3 cm³/mol. The standard InChI is InChI=1S/C16H19N3O2S.ClH/c20-22(21,19-10-7-14-12(11-19)6-9-18-14)16-5-1-4-15-13(16)3-2-8-17-15;/h1-5,8,12,14,18H,6-7,9-11H2;1H. The number of halogens is 1. The maximum atomic E-state index is 13.1. The molecule has 2 fully saturated rings. The van der Waals surface area contributed by atoms with Crippen LogP contribution in [0.5, 0.6) is 0 Å². The molecule has 1 aromatic carbocycles. The van der Waals surface area contributed by atoms with E-state index >= 15 is 0 Å². The maximum Gasteiger partial charge on any atom is 0.243 e. The molecule has 2 aromatic rings. The van der Waals surface area contributed by atoms with Gasteiger partial charge in [0.15, 0.2) is 0 Å². The van der Waals surface area contributed by atoms with Crippen LogP contribution in [0.4, 0.5) is 0 Å². The van der Waals surface area contributed by atoms with Crippen LogP contribution in [0.3, 0.4) is 0 Å². The molecule has 5 nitrogen and oxygen atoms in total. The van der Waals surface area contributed by atoms with Crippen molar-refractivity contribution in [2.45, 2.75) is 23.8 Å². The van der Waals surface area contributed by atoms with Crippen LogP contribution < -0.4 is 5.32 Å². The molecule has 3 heterocycles. The second-order valence-electron chi connectivity index (χ2n) is 6.09. The van der Waals surface area contributed by atoms with E-state index in [1.54, 1.807) is 28.7 Å². The lowest BCUT2D eigenvalue weighted by atomic mass is 9.95. The lowest BCUT2D eigenvalue weighted by Crippen LogP contribution is -2.46. The van der Waals surface area contributed by atoms with Crippen LogP contribution in [-0.2, 0) is 10.0 Å². The molecule has 0 amide bonds. The van der Waals surface area contributed by atoms with E-state index in [9.17, 15) is 8.42 Å². The number of pyridine rings is 1. The van der Waals surface area contributed by atoms with Crippen molar-refractivity contribution < 1.29 is 8.42 Å². The Labute approximate surface area is 142 Å². The van der Waals surface area contributed by atoms with Crippen molar-refractivity contribution in [3.05, 3.63) is 36.5 Å². The first-order chi connectivity index (χ1) is 10.7. The molecule has 0 bridgehead atoms. The Morgan fingerprint density at radius 1 is 1.17 bits per heavy atom. The molecule has 0 spiro atoms. The van der Waals surface area contributed by atoms with Crippen LogP contribution >= 0.6 is 12.4 Å². The SMILES string of the molecule is Cl.O=S(=O)(c1cccc2ncccc12)N1CCC2NCCC2C1. The molecule has 2 aliphatic heterocycles. The van der Waals surface area contributed by atoms with Crippen LogP contribution in [0.15, 0.2) is 41.4 Å². The Balaban J connectivity index is 0.00000156. The lowest BCUT2D eigenvalue weighted by molar-refractivity contribution is 0.247. The molecule has 2 saturated heterocycles. The highest BCUT2D eigenvalue weighted by atomic mass is 35.5. The molecule has 0 saturated carbocycles. The number of hydrogen-bond donors (Lipinski definition) is 1. The van der Waals surface area contributed by atoms with Gasteiger partial charge in [0, 0.05) is 30.7 Å². The van der Waals surface area contributed by atoms with Crippen molar-refractivity contribution in [1.82, 2.24) is 14.6 Å². The number of rotatable bonds is 2.